The van der Waals surface area contributed by atoms with Gasteiger partial charge >= 0.3 is 0 Å². The third-order valence-electron chi connectivity index (χ3n) is 11.1. The van der Waals surface area contributed by atoms with E-state index in [4.69, 9.17) is 4.99 Å². The van der Waals surface area contributed by atoms with E-state index >= 15 is 0 Å². The molecular formula is C43H51N3O6. The molecule has 2 aliphatic rings. The van der Waals surface area contributed by atoms with Gasteiger partial charge < -0.3 is 36.0 Å². The fraction of sp³-hybridized carbons (Fsp3) is 0.395. The van der Waals surface area contributed by atoms with Crippen LogP contribution in [0.1, 0.15) is 85.3 Å². The molecule has 52 heavy (non-hydrogen) atoms. The Bertz CT molecular complexity index is 1990. The minimum absolute atomic E-state index is 0.139. The third kappa shape index (κ3) is 7.81. The molecular weight excluding hydrogens is 654 g/mol. The highest BCUT2D eigenvalue weighted by atomic mass is 16.3. The van der Waals surface area contributed by atoms with Crippen molar-refractivity contribution in [2.24, 2.45) is 21.3 Å². The monoisotopic (exact) mass is 705 g/mol. The Hall–Kier alpha value is -4.86. The highest BCUT2D eigenvalue weighted by Crippen LogP contribution is 2.46. The van der Waals surface area contributed by atoms with Crippen molar-refractivity contribution in [3.63, 3.8) is 0 Å². The average molecular weight is 706 g/mol. The van der Waals surface area contributed by atoms with Gasteiger partial charge in [-0.2, -0.15) is 0 Å². The molecule has 1 fully saturated rings. The van der Waals surface area contributed by atoms with E-state index in [-0.39, 0.29) is 52.1 Å². The summed E-state index contributed by atoms with van der Waals surface area (Å²) in [6.45, 7) is 4.26. The number of unbranched alkanes of at least 4 members (excludes halogenated alkanes) is 2. The van der Waals surface area contributed by atoms with E-state index in [1.54, 1.807) is 30.4 Å². The summed E-state index contributed by atoms with van der Waals surface area (Å²) >= 11 is 0. The van der Waals surface area contributed by atoms with Crippen LogP contribution in [-0.2, 0) is 25.8 Å². The number of phenolic OH excluding ortho intramolecular Hbond substituents is 5. The summed E-state index contributed by atoms with van der Waals surface area (Å²) in [5.74, 6) is -1.08. The summed E-state index contributed by atoms with van der Waals surface area (Å²) in [6, 6.07) is 16.1. The van der Waals surface area contributed by atoms with Gasteiger partial charge in [-0.25, -0.2) is 0 Å². The number of phenols is 5. The average Bonchev–Trinajstić information content (AvgIpc) is 3.70. The standard InChI is InChI=1S/C43H51N3O6/c1-2-3-4-8-30-21-28(12-16-31(30)23-44-26-43(39-24-45-27-46-39)20-6-5-9-32(43)25-47)14-18-35-33(17-13-29-15-19-36(48)38(50)22-29)34-10-7-11-37(49)40(34)42(52)41(35)51/h7,10-13,15-17,19,21-22,24,32,44,47-52H,2-6,8-9,14,18,20,23,25-27H2,1H3/t32-,43+/m1/s1. The van der Waals surface area contributed by atoms with Gasteiger partial charge in [0.15, 0.2) is 23.0 Å². The number of aromatic hydroxyl groups is 5. The summed E-state index contributed by atoms with van der Waals surface area (Å²) in [5.41, 5.74) is 6.28. The van der Waals surface area contributed by atoms with Gasteiger partial charge in [0, 0.05) is 36.9 Å². The van der Waals surface area contributed by atoms with Gasteiger partial charge in [-0.3, -0.25) is 9.98 Å². The van der Waals surface area contributed by atoms with Crippen molar-refractivity contribution >= 4 is 34.9 Å². The number of fused-ring (bicyclic) bond motifs is 1. The maximum atomic E-state index is 11.3. The Morgan fingerprint density at radius 1 is 0.846 bits per heavy atom. The molecule has 0 aromatic heterocycles. The first-order valence-electron chi connectivity index (χ1n) is 18.6. The molecule has 6 rings (SSSR count). The summed E-state index contributed by atoms with van der Waals surface area (Å²) in [5, 5.41) is 67.7. The van der Waals surface area contributed by atoms with Crippen molar-refractivity contribution in [1.82, 2.24) is 5.32 Å². The number of hydrogen-bond acceptors (Lipinski definition) is 9. The van der Waals surface area contributed by atoms with Crippen molar-refractivity contribution in [1.29, 1.82) is 0 Å². The maximum absolute atomic E-state index is 11.3. The van der Waals surface area contributed by atoms with Crippen molar-refractivity contribution in [2.45, 2.75) is 77.7 Å². The molecule has 0 spiro atoms. The van der Waals surface area contributed by atoms with Gasteiger partial charge in [-0.15, -0.1) is 0 Å². The Balaban J connectivity index is 1.26. The summed E-state index contributed by atoms with van der Waals surface area (Å²) in [7, 11) is 0. The van der Waals surface area contributed by atoms with E-state index in [1.165, 1.54) is 29.3 Å². The lowest BCUT2D eigenvalue weighted by molar-refractivity contribution is 0.0966. The molecule has 7 N–H and O–H groups in total. The fourth-order valence-electron chi connectivity index (χ4n) is 8.14. The molecule has 0 unspecified atom stereocenters. The number of aliphatic hydroxyl groups excluding tert-OH is 1. The zero-order valence-corrected chi connectivity index (χ0v) is 30.0. The van der Waals surface area contributed by atoms with Crippen LogP contribution in [0.2, 0.25) is 0 Å². The number of nitrogens with zero attached hydrogens (tertiary/aromatic N) is 2. The predicted molar refractivity (Wildman–Crippen MR) is 209 cm³/mol. The molecule has 9 nitrogen and oxygen atoms in total. The second-order valence-electron chi connectivity index (χ2n) is 14.3. The van der Waals surface area contributed by atoms with E-state index in [9.17, 15) is 30.6 Å². The molecule has 1 aliphatic heterocycles. The minimum Gasteiger partial charge on any atom is -0.507 e. The van der Waals surface area contributed by atoms with Crippen molar-refractivity contribution in [3.8, 4) is 28.7 Å². The van der Waals surface area contributed by atoms with Crippen LogP contribution in [-0.4, -0.2) is 62.4 Å². The Labute approximate surface area is 305 Å². The van der Waals surface area contributed by atoms with Crippen LogP contribution < -0.4 is 5.32 Å². The second-order valence-corrected chi connectivity index (χ2v) is 14.3. The van der Waals surface area contributed by atoms with Gasteiger partial charge in [-0.1, -0.05) is 81.2 Å². The molecule has 0 radical (unpaired) electrons. The normalized spacial score (nSPS) is 18.8. The molecule has 1 heterocycles. The van der Waals surface area contributed by atoms with Gasteiger partial charge in [0.05, 0.1) is 11.1 Å². The molecule has 2 atom stereocenters. The van der Waals surface area contributed by atoms with E-state index in [2.05, 4.69) is 35.4 Å². The second kappa shape index (κ2) is 16.7. The number of aliphatic hydroxyl groups is 1. The zero-order chi connectivity index (χ0) is 36.7. The molecule has 4 aromatic rings. The molecule has 0 saturated heterocycles. The SMILES string of the molecule is CCCCCc1cc(CCc2c(O)c(O)c3c(O)cccc3c2C=Cc2ccc(O)c(O)c2)ccc1CNC[C@@]1(C2=NCN=C2)CCCC[C@@H]1CO. The molecule has 274 valence electrons. The van der Waals surface area contributed by atoms with Gasteiger partial charge in [0.25, 0.3) is 0 Å². The number of aliphatic imine (C=N–C) groups is 2. The number of benzene rings is 4. The largest absolute Gasteiger partial charge is 0.507 e. The van der Waals surface area contributed by atoms with Crippen molar-refractivity contribution < 1.29 is 30.6 Å². The van der Waals surface area contributed by atoms with E-state index in [1.807, 2.05) is 6.21 Å². The molecule has 1 saturated carbocycles. The van der Waals surface area contributed by atoms with Crippen LogP contribution >= 0.6 is 0 Å². The quantitative estimate of drug-likeness (QED) is 0.0378. The van der Waals surface area contributed by atoms with E-state index in [0.29, 0.717) is 48.1 Å². The molecule has 4 aromatic carbocycles. The predicted octanol–water partition coefficient (Wildman–Crippen LogP) is 7.80. The van der Waals surface area contributed by atoms with Crippen molar-refractivity contribution in [2.75, 3.05) is 19.8 Å². The summed E-state index contributed by atoms with van der Waals surface area (Å²) in [4.78, 5) is 9.12. The van der Waals surface area contributed by atoms with Crippen molar-refractivity contribution in [3.05, 3.63) is 88.0 Å². The van der Waals surface area contributed by atoms with Gasteiger partial charge in [0.2, 0.25) is 0 Å². The van der Waals surface area contributed by atoms with E-state index in [0.717, 1.165) is 69.2 Å². The molecule has 1 aliphatic carbocycles. The van der Waals surface area contributed by atoms with Crippen LogP contribution in [0.5, 0.6) is 28.7 Å². The fourth-order valence-corrected chi connectivity index (χ4v) is 8.14. The molecule has 0 bridgehead atoms. The number of hydrogen-bond donors (Lipinski definition) is 7. The number of nitrogens with one attached hydrogen (secondary N) is 1. The lowest BCUT2D eigenvalue weighted by Gasteiger charge is -2.43. The van der Waals surface area contributed by atoms with Crippen LogP contribution in [0.15, 0.2) is 64.6 Å². The first-order chi connectivity index (χ1) is 25.3. The Morgan fingerprint density at radius 2 is 1.71 bits per heavy atom. The minimum atomic E-state index is -0.363. The van der Waals surface area contributed by atoms with Crippen LogP contribution in [0.25, 0.3) is 22.9 Å². The van der Waals surface area contributed by atoms with Crippen LogP contribution in [0.3, 0.4) is 0 Å². The lowest BCUT2D eigenvalue weighted by Crippen LogP contribution is -2.49. The maximum Gasteiger partial charge on any atom is 0.169 e. The van der Waals surface area contributed by atoms with E-state index < -0.39 is 0 Å². The highest BCUT2D eigenvalue weighted by molar-refractivity contribution is 6.34. The summed E-state index contributed by atoms with van der Waals surface area (Å²) < 4.78 is 0. The highest BCUT2D eigenvalue weighted by Gasteiger charge is 2.44. The number of aryl methyl sites for hydroxylation is 2. The first kappa shape index (κ1) is 36.9. The summed E-state index contributed by atoms with van der Waals surface area (Å²) in [6.07, 6.45) is 15.0. The first-order valence-corrected chi connectivity index (χ1v) is 18.6. The third-order valence-corrected chi connectivity index (χ3v) is 11.1. The Kier molecular flexibility index (Phi) is 11.8. The molecule has 9 heteroatoms. The lowest BCUT2D eigenvalue weighted by atomic mass is 9.63. The van der Waals surface area contributed by atoms with Gasteiger partial charge in [-0.05, 0) is 95.8 Å². The molecule has 0 amide bonds. The van der Waals surface area contributed by atoms with Crippen LogP contribution in [0, 0.1) is 11.3 Å². The van der Waals surface area contributed by atoms with Gasteiger partial charge in [0.1, 0.15) is 12.4 Å². The van der Waals surface area contributed by atoms with Crippen LogP contribution in [0.4, 0.5) is 0 Å². The number of rotatable bonds is 15. The smallest absolute Gasteiger partial charge is 0.169 e. The topological polar surface area (TPSA) is 158 Å². The zero-order valence-electron chi connectivity index (χ0n) is 30.0. The Morgan fingerprint density at radius 3 is 2.48 bits per heavy atom.